The van der Waals surface area contributed by atoms with Gasteiger partial charge >= 0.3 is 0 Å². The van der Waals surface area contributed by atoms with Crippen LogP contribution >= 0.6 is 0 Å². The van der Waals surface area contributed by atoms with Crippen LogP contribution in [0.4, 0.5) is 0 Å². The normalized spacial score (nSPS) is 12.7. The molecular formula is C18H26N4O2. The van der Waals surface area contributed by atoms with Crippen LogP contribution in [-0.4, -0.2) is 33.3 Å². The highest BCUT2D eigenvalue weighted by atomic mass is 16.5. The first-order valence-corrected chi connectivity index (χ1v) is 8.20. The van der Waals surface area contributed by atoms with Gasteiger partial charge in [0.05, 0.1) is 12.6 Å². The molecule has 0 unspecified atom stereocenters. The number of rotatable bonds is 7. The smallest absolute Gasteiger partial charge is 0.222 e. The Morgan fingerprint density at radius 2 is 2.00 bits per heavy atom. The molecule has 0 aliphatic carbocycles. The number of aromatic nitrogens is 3. The van der Waals surface area contributed by atoms with Gasteiger partial charge in [0.2, 0.25) is 5.91 Å². The quantitative estimate of drug-likeness (QED) is 0.847. The Balaban J connectivity index is 1.72. The molecule has 2 rings (SSSR count). The van der Waals surface area contributed by atoms with Crippen molar-refractivity contribution in [3.05, 3.63) is 42.5 Å². The van der Waals surface area contributed by atoms with Crippen LogP contribution in [0.1, 0.15) is 39.7 Å². The molecule has 1 aromatic carbocycles. The number of nitrogens with zero attached hydrogens (tertiary/aromatic N) is 3. The fraction of sp³-hybridized carbons (Fsp3) is 0.500. The van der Waals surface area contributed by atoms with Gasteiger partial charge in [-0.1, -0.05) is 32.9 Å². The van der Waals surface area contributed by atoms with Crippen LogP contribution in [0.25, 0.3) is 0 Å². The van der Waals surface area contributed by atoms with Gasteiger partial charge in [0.15, 0.2) is 0 Å². The van der Waals surface area contributed by atoms with E-state index in [4.69, 9.17) is 4.74 Å². The van der Waals surface area contributed by atoms with Crippen LogP contribution in [0.5, 0.6) is 5.75 Å². The Labute approximate surface area is 143 Å². The molecule has 2 aromatic rings. The topological polar surface area (TPSA) is 69.0 Å². The number of hydrogen-bond acceptors (Lipinski definition) is 4. The highest BCUT2D eigenvalue weighted by Gasteiger charge is 2.13. The minimum Gasteiger partial charge on any atom is -0.491 e. The van der Waals surface area contributed by atoms with E-state index in [1.165, 1.54) is 11.9 Å². The van der Waals surface area contributed by atoms with E-state index in [1.54, 1.807) is 11.0 Å². The van der Waals surface area contributed by atoms with Crippen molar-refractivity contribution in [2.24, 2.45) is 0 Å². The maximum Gasteiger partial charge on any atom is 0.222 e. The van der Waals surface area contributed by atoms with E-state index in [9.17, 15) is 4.79 Å². The zero-order valence-electron chi connectivity index (χ0n) is 14.8. The van der Waals surface area contributed by atoms with Crippen LogP contribution in [0.15, 0.2) is 36.9 Å². The summed E-state index contributed by atoms with van der Waals surface area (Å²) in [5, 5.41) is 6.89. The first kappa shape index (κ1) is 18.0. The van der Waals surface area contributed by atoms with Crippen LogP contribution in [0.3, 0.4) is 0 Å². The predicted molar refractivity (Wildman–Crippen MR) is 92.9 cm³/mol. The van der Waals surface area contributed by atoms with Crippen LogP contribution in [0, 0.1) is 0 Å². The minimum absolute atomic E-state index is 0.0234. The first-order valence-electron chi connectivity index (χ1n) is 8.20. The Morgan fingerprint density at radius 3 is 2.58 bits per heavy atom. The number of nitrogens with one attached hydrogen (secondary N) is 1. The third-order valence-corrected chi connectivity index (χ3v) is 3.66. The molecule has 0 fully saturated rings. The fourth-order valence-corrected chi connectivity index (χ4v) is 2.23. The van der Waals surface area contributed by atoms with Crippen molar-refractivity contribution < 1.29 is 9.53 Å². The fourth-order valence-electron chi connectivity index (χ4n) is 2.23. The molecule has 0 bridgehead atoms. The summed E-state index contributed by atoms with van der Waals surface area (Å²) in [5.74, 6) is 0.788. The van der Waals surface area contributed by atoms with Crippen molar-refractivity contribution in [3.63, 3.8) is 0 Å². The number of ether oxygens (including phenoxy) is 1. The molecule has 0 aliphatic heterocycles. The summed E-state index contributed by atoms with van der Waals surface area (Å²) < 4.78 is 7.38. The lowest BCUT2D eigenvalue weighted by Crippen LogP contribution is -2.37. The maximum absolute atomic E-state index is 11.9. The molecule has 1 N–H and O–H groups in total. The zero-order valence-corrected chi connectivity index (χ0v) is 14.8. The number of aryl methyl sites for hydroxylation is 1. The Bertz CT molecular complexity index is 630. The summed E-state index contributed by atoms with van der Waals surface area (Å²) in [7, 11) is 0. The average molecular weight is 330 g/mol. The molecule has 0 spiro atoms. The Kier molecular flexibility index (Phi) is 5.95. The molecule has 0 saturated heterocycles. The lowest BCUT2D eigenvalue weighted by Gasteiger charge is -2.20. The van der Waals surface area contributed by atoms with Crippen molar-refractivity contribution in [1.82, 2.24) is 20.1 Å². The third-order valence-electron chi connectivity index (χ3n) is 3.66. The van der Waals surface area contributed by atoms with E-state index in [0.29, 0.717) is 19.6 Å². The Hall–Kier alpha value is -2.37. The summed E-state index contributed by atoms with van der Waals surface area (Å²) in [4.78, 5) is 15.7. The molecule has 0 aliphatic rings. The molecule has 0 radical (unpaired) electrons. The van der Waals surface area contributed by atoms with Crippen molar-refractivity contribution in [2.45, 2.75) is 52.1 Å². The van der Waals surface area contributed by atoms with E-state index in [0.717, 1.165) is 5.75 Å². The van der Waals surface area contributed by atoms with Gasteiger partial charge in [0.1, 0.15) is 25.0 Å². The number of amides is 1. The first-order chi connectivity index (χ1) is 11.3. The molecule has 6 heteroatoms. The second kappa shape index (κ2) is 7.95. The van der Waals surface area contributed by atoms with E-state index in [1.807, 2.05) is 19.1 Å². The van der Waals surface area contributed by atoms with Crippen molar-refractivity contribution in [2.75, 3.05) is 6.61 Å². The van der Waals surface area contributed by atoms with Crippen LogP contribution in [0.2, 0.25) is 0 Å². The molecule has 1 aromatic heterocycles. The molecule has 130 valence electrons. The highest BCUT2D eigenvalue weighted by molar-refractivity contribution is 5.76. The summed E-state index contributed by atoms with van der Waals surface area (Å²) >= 11 is 0. The molecule has 24 heavy (non-hydrogen) atoms. The number of carbonyl (C=O) groups is 1. The summed E-state index contributed by atoms with van der Waals surface area (Å²) in [5.41, 5.74) is 1.40. The SMILES string of the molecule is C[C@H](COc1ccc(C(C)(C)C)cc1)NC(=O)CCn1cncn1. The van der Waals surface area contributed by atoms with Crippen molar-refractivity contribution in [3.8, 4) is 5.75 Å². The standard InChI is InChI=1S/C18H26N4O2/c1-14(21-17(23)9-10-22-13-19-12-20-22)11-24-16-7-5-15(6-8-16)18(2,3)4/h5-8,12-14H,9-11H2,1-4H3,(H,21,23)/t14-/m1/s1. The van der Waals surface area contributed by atoms with Gasteiger partial charge in [0.25, 0.3) is 0 Å². The van der Waals surface area contributed by atoms with Gasteiger partial charge in [-0.05, 0) is 30.0 Å². The lowest BCUT2D eigenvalue weighted by atomic mass is 9.87. The molecule has 1 heterocycles. The van der Waals surface area contributed by atoms with E-state index >= 15 is 0 Å². The average Bonchev–Trinajstić information content (AvgIpc) is 3.04. The zero-order chi connectivity index (χ0) is 17.6. The number of benzene rings is 1. The van der Waals surface area contributed by atoms with Gasteiger partial charge in [-0.25, -0.2) is 4.98 Å². The lowest BCUT2D eigenvalue weighted by molar-refractivity contribution is -0.122. The third kappa shape index (κ3) is 5.68. The summed E-state index contributed by atoms with van der Waals surface area (Å²) in [6.07, 6.45) is 3.42. The highest BCUT2D eigenvalue weighted by Crippen LogP contribution is 2.24. The molecule has 1 atom stereocenters. The monoisotopic (exact) mass is 330 g/mol. The molecular weight excluding hydrogens is 304 g/mol. The van der Waals surface area contributed by atoms with Crippen molar-refractivity contribution >= 4 is 5.91 Å². The van der Waals surface area contributed by atoms with Gasteiger partial charge in [-0.15, -0.1) is 0 Å². The minimum atomic E-state index is -0.0597. The van der Waals surface area contributed by atoms with Gasteiger partial charge in [0, 0.05) is 6.42 Å². The second-order valence-corrected chi connectivity index (χ2v) is 6.96. The number of hydrogen-bond donors (Lipinski definition) is 1. The molecule has 6 nitrogen and oxygen atoms in total. The van der Waals surface area contributed by atoms with Crippen LogP contribution < -0.4 is 10.1 Å². The summed E-state index contributed by atoms with van der Waals surface area (Å²) in [6, 6.07) is 8.04. The van der Waals surface area contributed by atoms with Gasteiger partial charge < -0.3 is 10.1 Å². The molecule has 1 amide bonds. The van der Waals surface area contributed by atoms with Crippen LogP contribution in [-0.2, 0) is 16.8 Å². The van der Waals surface area contributed by atoms with Crippen molar-refractivity contribution in [1.29, 1.82) is 0 Å². The number of carbonyl (C=O) groups excluding carboxylic acids is 1. The summed E-state index contributed by atoms with van der Waals surface area (Å²) in [6.45, 7) is 9.42. The molecule has 0 saturated carbocycles. The van der Waals surface area contributed by atoms with E-state index in [-0.39, 0.29) is 17.4 Å². The Morgan fingerprint density at radius 1 is 1.29 bits per heavy atom. The second-order valence-electron chi connectivity index (χ2n) is 6.96. The van der Waals surface area contributed by atoms with E-state index in [2.05, 4.69) is 48.3 Å². The predicted octanol–water partition coefficient (Wildman–Crippen LogP) is 2.55. The maximum atomic E-state index is 11.9. The van der Waals surface area contributed by atoms with E-state index < -0.39 is 0 Å². The largest absolute Gasteiger partial charge is 0.491 e. The van der Waals surface area contributed by atoms with Gasteiger partial charge in [-0.2, -0.15) is 5.10 Å². The van der Waals surface area contributed by atoms with Gasteiger partial charge in [-0.3, -0.25) is 9.48 Å².